The number of ether oxygens (including phenoxy) is 1. The van der Waals surface area contributed by atoms with Crippen molar-refractivity contribution in [1.82, 2.24) is 4.98 Å². The molecule has 0 fully saturated rings. The molecule has 0 radical (unpaired) electrons. The van der Waals surface area contributed by atoms with E-state index in [-0.39, 0.29) is 18.0 Å². The number of aromatic nitrogens is 1. The van der Waals surface area contributed by atoms with Gasteiger partial charge in [0.15, 0.2) is 0 Å². The Morgan fingerprint density at radius 1 is 1.44 bits per heavy atom. The van der Waals surface area contributed by atoms with Crippen molar-refractivity contribution in [2.75, 3.05) is 11.9 Å². The van der Waals surface area contributed by atoms with Crippen molar-refractivity contribution in [1.29, 1.82) is 0 Å². The lowest BCUT2D eigenvalue weighted by Gasteiger charge is -2.19. The summed E-state index contributed by atoms with van der Waals surface area (Å²) >= 11 is 0. The highest BCUT2D eigenvalue weighted by Crippen LogP contribution is 2.07. The van der Waals surface area contributed by atoms with Crippen LogP contribution in [0.2, 0.25) is 0 Å². The Bertz CT molecular complexity index is 400. The molecule has 1 rings (SSSR count). The molecule has 0 saturated carbocycles. The first-order valence-corrected chi connectivity index (χ1v) is 5.56. The Balaban J connectivity index is 2.46. The lowest BCUT2D eigenvalue weighted by Crippen LogP contribution is -2.30. The van der Waals surface area contributed by atoms with Crippen molar-refractivity contribution in [2.45, 2.75) is 26.4 Å². The maximum atomic E-state index is 11.4. The Labute approximate surface area is 106 Å². The van der Waals surface area contributed by atoms with E-state index in [1.165, 1.54) is 12.3 Å². The minimum Gasteiger partial charge on any atom is -0.459 e. The third kappa shape index (κ3) is 5.16. The van der Waals surface area contributed by atoms with Gasteiger partial charge in [-0.2, -0.15) is 0 Å². The molecule has 1 aromatic rings. The molecule has 0 atom stereocenters. The maximum absolute atomic E-state index is 11.4. The van der Waals surface area contributed by atoms with E-state index in [0.29, 0.717) is 5.82 Å². The van der Waals surface area contributed by atoms with Crippen molar-refractivity contribution in [3.63, 3.8) is 0 Å². The van der Waals surface area contributed by atoms with Crippen LogP contribution in [0.25, 0.3) is 0 Å². The molecule has 3 N–H and O–H groups in total. The van der Waals surface area contributed by atoms with Crippen LogP contribution in [0.4, 0.5) is 5.82 Å². The number of hydrogen-bond donors (Lipinski definition) is 3. The molecule has 18 heavy (non-hydrogen) atoms. The van der Waals surface area contributed by atoms with E-state index in [4.69, 9.17) is 14.8 Å². The number of hydrogen-bond acceptors (Lipinski definition) is 6. The van der Waals surface area contributed by atoms with E-state index >= 15 is 0 Å². The summed E-state index contributed by atoms with van der Waals surface area (Å²) in [7, 11) is -1.54. The van der Waals surface area contributed by atoms with E-state index in [9.17, 15) is 4.79 Å². The van der Waals surface area contributed by atoms with Gasteiger partial charge in [-0.15, -0.1) is 0 Å². The SMILES string of the molecule is CC(C)(C)OC(=O)CNc1ccc(B(O)O)cn1. The standard InChI is InChI=1S/C11H17BN2O4/c1-11(2,3)18-10(15)7-14-9-5-4-8(6-13-9)12(16)17/h4-6,16-17H,7H2,1-3H3,(H,13,14). The number of nitrogens with one attached hydrogen (secondary N) is 1. The van der Waals surface area contributed by atoms with Crippen molar-refractivity contribution < 1.29 is 19.6 Å². The number of rotatable bonds is 4. The fraction of sp³-hybridized carbons (Fsp3) is 0.455. The van der Waals surface area contributed by atoms with Crippen LogP contribution in [0, 0.1) is 0 Å². The lowest BCUT2D eigenvalue weighted by atomic mass is 9.82. The van der Waals surface area contributed by atoms with Crippen LogP contribution in [0.15, 0.2) is 18.3 Å². The summed E-state index contributed by atoms with van der Waals surface area (Å²) in [6.07, 6.45) is 1.32. The van der Waals surface area contributed by atoms with Crippen LogP contribution in [-0.2, 0) is 9.53 Å². The Hall–Kier alpha value is -1.60. The van der Waals surface area contributed by atoms with Gasteiger partial charge in [0, 0.05) is 11.7 Å². The second-order valence-electron chi connectivity index (χ2n) is 4.79. The van der Waals surface area contributed by atoms with E-state index in [1.54, 1.807) is 26.8 Å². The second-order valence-corrected chi connectivity index (χ2v) is 4.79. The van der Waals surface area contributed by atoms with Crippen molar-refractivity contribution in [2.24, 2.45) is 0 Å². The summed E-state index contributed by atoms with van der Waals surface area (Å²) in [6.45, 7) is 5.38. The predicted octanol–water partition coefficient (Wildman–Crippen LogP) is -0.485. The van der Waals surface area contributed by atoms with Gasteiger partial charge in [0.2, 0.25) is 0 Å². The number of anilines is 1. The highest BCUT2D eigenvalue weighted by Gasteiger charge is 2.16. The van der Waals surface area contributed by atoms with Gasteiger partial charge in [-0.05, 0) is 26.8 Å². The highest BCUT2D eigenvalue weighted by atomic mass is 16.6. The van der Waals surface area contributed by atoms with Crippen LogP contribution >= 0.6 is 0 Å². The zero-order valence-corrected chi connectivity index (χ0v) is 10.7. The van der Waals surface area contributed by atoms with Crippen LogP contribution in [-0.4, -0.2) is 40.3 Å². The van der Waals surface area contributed by atoms with Gasteiger partial charge in [0.25, 0.3) is 0 Å². The van der Waals surface area contributed by atoms with Gasteiger partial charge in [-0.3, -0.25) is 4.79 Å². The zero-order chi connectivity index (χ0) is 13.8. The third-order valence-corrected chi connectivity index (χ3v) is 1.92. The predicted molar refractivity (Wildman–Crippen MR) is 68.4 cm³/mol. The van der Waals surface area contributed by atoms with Gasteiger partial charge in [-0.25, -0.2) is 4.98 Å². The molecule has 6 nitrogen and oxygen atoms in total. The molecule has 0 aliphatic heterocycles. The first kappa shape index (κ1) is 14.5. The largest absolute Gasteiger partial charge is 0.490 e. The normalized spacial score (nSPS) is 10.9. The molecule has 0 aliphatic carbocycles. The monoisotopic (exact) mass is 252 g/mol. The van der Waals surface area contributed by atoms with Gasteiger partial charge in [0.1, 0.15) is 18.0 Å². The van der Waals surface area contributed by atoms with Crippen molar-refractivity contribution >= 4 is 24.4 Å². The maximum Gasteiger partial charge on any atom is 0.490 e. The van der Waals surface area contributed by atoms with Gasteiger partial charge < -0.3 is 20.1 Å². The Morgan fingerprint density at radius 2 is 2.11 bits per heavy atom. The average molecular weight is 252 g/mol. The van der Waals surface area contributed by atoms with Gasteiger partial charge in [-0.1, -0.05) is 6.07 Å². The van der Waals surface area contributed by atoms with Crippen molar-refractivity contribution in [3.8, 4) is 0 Å². The average Bonchev–Trinajstić information content (AvgIpc) is 2.24. The Morgan fingerprint density at radius 3 is 2.56 bits per heavy atom. The molecular weight excluding hydrogens is 235 g/mol. The van der Waals surface area contributed by atoms with E-state index in [0.717, 1.165) is 0 Å². The van der Waals surface area contributed by atoms with E-state index in [2.05, 4.69) is 10.3 Å². The summed E-state index contributed by atoms with van der Waals surface area (Å²) in [5.74, 6) is 0.0841. The first-order valence-electron chi connectivity index (χ1n) is 5.56. The van der Waals surface area contributed by atoms with Crippen LogP contribution < -0.4 is 10.8 Å². The summed E-state index contributed by atoms with van der Waals surface area (Å²) in [6, 6.07) is 3.06. The summed E-state index contributed by atoms with van der Waals surface area (Å²) in [5.41, 5.74) is -0.227. The highest BCUT2D eigenvalue weighted by molar-refractivity contribution is 6.58. The second kappa shape index (κ2) is 5.84. The molecule has 0 aliphatic rings. The molecule has 0 amide bonds. The van der Waals surface area contributed by atoms with Crippen molar-refractivity contribution in [3.05, 3.63) is 18.3 Å². The smallest absolute Gasteiger partial charge is 0.459 e. The summed E-state index contributed by atoms with van der Waals surface area (Å²) < 4.78 is 5.11. The Kier molecular flexibility index (Phi) is 4.69. The van der Waals surface area contributed by atoms with Crippen LogP contribution in [0.1, 0.15) is 20.8 Å². The molecule has 0 bridgehead atoms. The quantitative estimate of drug-likeness (QED) is 0.495. The molecule has 98 valence electrons. The molecular formula is C11H17BN2O4. The topological polar surface area (TPSA) is 91.7 Å². The molecule has 0 spiro atoms. The number of pyridine rings is 1. The molecule has 0 aromatic carbocycles. The van der Waals surface area contributed by atoms with E-state index < -0.39 is 12.7 Å². The number of carbonyl (C=O) groups excluding carboxylic acids is 1. The lowest BCUT2D eigenvalue weighted by molar-refractivity contribution is -0.152. The number of carbonyl (C=O) groups is 1. The molecule has 0 unspecified atom stereocenters. The summed E-state index contributed by atoms with van der Waals surface area (Å²) in [5, 5.41) is 20.5. The number of nitrogens with zero attached hydrogens (tertiary/aromatic N) is 1. The number of esters is 1. The van der Waals surface area contributed by atoms with Gasteiger partial charge in [0.05, 0.1) is 0 Å². The van der Waals surface area contributed by atoms with Gasteiger partial charge >= 0.3 is 13.1 Å². The minimum absolute atomic E-state index is 0.00525. The zero-order valence-electron chi connectivity index (χ0n) is 10.7. The molecule has 1 heterocycles. The minimum atomic E-state index is -1.54. The molecule has 0 saturated heterocycles. The van der Waals surface area contributed by atoms with Crippen LogP contribution in [0.5, 0.6) is 0 Å². The molecule has 7 heteroatoms. The van der Waals surface area contributed by atoms with Crippen LogP contribution in [0.3, 0.4) is 0 Å². The van der Waals surface area contributed by atoms with E-state index in [1.807, 2.05) is 0 Å². The third-order valence-electron chi connectivity index (χ3n) is 1.92. The fourth-order valence-electron chi connectivity index (χ4n) is 1.20. The molecule has 1 aromatic heterocycles. The fourth-order valence-corrected chi connectivity index (χ4v) is 1.20. The summed E-state index contributed by atoms with van der Waals surface area (Å²) in [4.78, 5) is 15.3. The first-order chi connectivity index (χ1) is 8.28.